The summed E-state index contributed by atoms with van der Waals surface area (Å²) in [4.78, 5) is 29.1. The second-order valence-electron chi connectivity index (χ2n) is 7.91. The number of carbonyl (C=O) groups excluding carboxylic acids is 2. The Balaban J connectivity index is 1.46. The van der Waals surface area contributed by atoms with Gasteiger partial charge in [-0.3, -0.25) is 9.59 Å². The minimum absolute atomic E-state index is 0.00280. The number of halogens is 2. The molecular formula is C23H24F2N2O2. The average molecular weight is 398 g/mol. The van der Waals surface area contributed by atoms with Crippen molar-refractivity contribution in [3.63, 3.8) is 0 Å². The normalized spacial score (nSPS) is 22.6. The molecule has 4 nitrogen and oxygen atoms in total. The summed E-state index contributed by atoms with van der Waals surface area (Å²) < 4.78 is 26.4. The molecule has 0 aliphatic carbocycles. The van der Waals surface area contributed by atoms with Gasteiger partial charge in [-0.25, -0.2) is 8.78 Å². The molecule has 2 aliphatic heterocycles. The van der Waals surface area contributed by atoms with Crippen LogP contribution in [0.25, 0.3) is 0 Å². The summed E-state index contributed by atoms with van der Waals surface area (Å²) in [6.45, 7) is 1.59. The summed E-state index contributed by atoms with van der Waals surface area (Å²) in [6.07, 6.45) is 3.07. The Labute approximate surface area is 169 Å². The second kappa shape index (κ2) is 8.31. The highest BCUT2D eigenvalue weighted by atomic mass is 19.1. The molecule has 2 aromatic rings. The van der Waals surface area contributed by atoms with Gasteiger partial charge in [0.2, 0.25) is 11.8 Å². The largest absolute Gasteiger partial charge is 0.342 e. The van der Waals surface area contributed by atoms with Crippen LogP contribution in [0.1, 0.15) is 37.2 Å². The maximum atomic E-state index is 13.3. The van der Waals surface area contributed by atoms with Gasteiger partial charge in [0.1, 0.15) is 11.6 Å². The number of rotatable bonds is 3. The summed E-state index contributed by atoms with van der Waals surface area (Å²) in [6, 6.07) is 12.3. The number of carbonyl (C=O) groups is 2. The lowest BCUT2D eigenvalue weighted by molar-refractivity contribution is -0.135. The quantitative estimate of drug-likeness (QED) is 0.781. The van der Waals surface area contributed by atoms with Crippen molar-refractivity contribution < 1.29 is 18.4 Å². The molecule has 0 radical (unpaired) electrons. The van der Waals surface area contributed by atoms with Crippen LogP contribution in [0.3, 0.4) is 0 Å². The van der Waals surface area contributed by atoms with Crippen LogP contribution < -0.4 is 4.90 Å². The maximum absolute atomic E-state index is 13.3. The molecule has 0 saturated carbocycles. The van der Waals surface area contributed by atoms with Gasteiger partial charge in [-0.05, 0) is 54.8 Å². The highest BCUT2D eigenvalue weighted by Crippen LogP contribution is 2.30. The zero-order valence-corrected chi connectivity index (χ0v) is 16.2. The van der Waals surface area contributed by atoms with Crippen LogP contribution in [-0.4, -0.2) is 36.3 Å². The van der Waals surface area contributed by atoms with Crippen LogP contribution in [0.5, 0.6) is 0 Å². The van der Waals surface area contributed by atoms with Crippen LogP contribution >= 0.6 is 0 Å². The Morgan fingerprint density at radius 2 is 1.55 bits per heavy atom. The number of amides is 2. The molecule has 2 saturated heterocycles. The van der Waals surface area contributed by atoms with Crippen LogP contribution in [0.2, 0.25) is 0 Å². The summed E-state index contributed by atoms with van der Waals surface area (Å²) in [7, 11) is 0. The maximum Gasteiger partial charge on any atom is 0.228 e. The van der Waals surface area contributed by atoms with E-state index in [1.807, 2.05) is 4.90 Å². The van der Waals surface area contributed by atoms with Crippen molar-refractivity contribution >= 4 is 17.5 Å². The van der Waals surface area contributed by atoms with Gasteiger partial charge < -0.3 is 9.80 Å². The van der Waals surface area contributed by atoms with E-state index in [9.17, 15) is 18.4 Å². The molecule has 2 aromatic carbocycles. The summed E-state index contributed by atoms with van der Waals surface area (Å²) in [5, 5.41) is 0. The molecule has 2 atom stereocenters. The summed E-state index contributed by atoms with van der Waals surface area (Å²) >= 11 is 0. The molecule has 4 rings (SSSR count). The van der Waals surface area contributed by atoms with Gasteiger partial charge >= 0.3 is 0 Å². The lowest BCUT2D eigenvalue weighted by atomic mass is 9.94. The van der Waals surface area contributed by atoms with Crippen molar-refractivity contribution in [1.82, 2.24) is 4.90 Å². The van der Waals surface area contributed by atoms with Gasteiger partial charge in [-0.15, -0.1) is 0 Å². The highest BCUT2D eigenvalue weighted by Gasteiger charge is 2.38. The van der Waals surface area contributed by atoms with E-state index in [2.05, 4.69) is 0 Å². The molecule has 29 heavy (non-hydrogen) atoms. The van der Waals surface area contributed by atoms with Crippen molar-refractivity contribution in [1.29, 1.82) is 0 Å². The number of nitrogens with zero attached hydrogens (tertiary/aromatic N) is 2. The van der Waals surface area contributed by atoms with Gasteiger partial charge in [0.05, 0.1) is 5.92 Å². The number of hydrogen-bond acceptors (Lipinski definition) is 2. The van der Waals surface area contributed by atoms with E-state index in [-0.39, 0.29) is 41.7 Å². The Bertz CT molecular complexity index is 883. The summed E-state index contributed by atoms with van der Waals surface area (Å²) in [5.41, 5.74) is 1.66. The molecule has 0 unspecified atom stereocenters. The predicted octanol–water partition coefficient (Wildman–Crippen LogP) is 4.11. The third-order valence-corrected chi connectivity index (χ3v) is 5.94. The van der Waals surface area contributed by atoms with Gasteiger partial charge in [-0.2, -0.15) is 0 Å². The number of hydrogen-bond donors (Lipinski definition) is 0. The number of benzene rings is 2. The first-order chi connectivity index (χ1) is 14.0. The predicted molar refractivity (Wildman–Crippen MR) is 106 cm³/mol. The molecule has 2 heterocycles. The number of likely N-dealkylation sites (tertiary alicyclic amines) is 1. The van der Waals surface area contributed by atoms with E-state index in [0.717, 1.165) is 24.8 Å². The number of anilines is 1. The smallest absolute Gasteiger partial charge is 0.228 e. The summed E-state index contributed by atoms with van der Waals surface area (Å²) in [5.74, 6) is -0.950. The van der Waals surface area contributed by atoms with Gasteiger partial charge in [-0.1, -0.05) is 18.6 Å². The first kappa shape index (κ1) is 19.6. The zero-order valence-electron chi connectivity index (χ0n) is 16.2. The van der Waals surface area contributed by atoms with Crippen LogP contribution in [-0.2, 0) is 9.59 Å². The van der Waals surface area contributed by atoms with Gasteiger partial charge in [0.15, 0.2) is 0 Å². The van der Waals surface area contributed by atoms with Crippen LogP contribution in [0.4, 0.5) is 14.5 Å². The van der Waals surface area contributed by atoms with Crippen molar-refractivity contribution in [3.8, 4) is 0 Å². The minimum atomic E-state index is -0.389. The van der Waals surface area contributed by atoms with Gasteiger partial charge in [0.25, 0.3) is 0 Å². The van der Waals surface area contributed by atoms with Crippen molar-refractivity contribution in [2.75, 3.05) is 24.5 Å². The fourth-order valence-electron chi connectivity index (χ4n) is 4.35. The van der Waals surface area contributed by atoms with Crippen molar-refractivity contribution in [3.05, 3.63) is 65.7 Å². The van der Waals surface area contributed by atoms with E-state index in [0.29, 0.717) is 25.3 Å². The molecule has 0 spiro atoms. The fraction of sp³-hybridized carbons (Fsp3) is 0.391. The molecule has 2 aliphatic rings. The standard InChI is InChI=1S/C23H24F2N2O2/c24-19-6-4-16(5-7-19)17-3-1-2-12-26(14-17)23(29)18-13-22(28)27(15-18)21-10-8-20(25)9-11-21/h4-11,17-18H,1-3,12-15H2/t17-,18-/m1/s1. The van der Waals surface area contributed by atoms with E-state index in [4.69, 9.17) is 0 Å². The molecule has 0 bridgehead atoms. The fourth-order valence-corrected chi connectivity index (χ4v) is 4.35. The van der Waals surface area contributed by atoms with E-state index in [1.54, 1.807) is 29.2 Å². The Kier molecular flexibility index (Phi) is 5.60. The molecule has 6 heteroatoms. The van der Waals surface area contributed by atoms with Gasteiger partial charge in [0, 0.05) is 37.7 Å². The second-order valence-corrected chi connectivity index (χ2v) is 7.91. The topological polar surface area (TPSA) is 40.6 Å². The zero-order chi connectivity index (χ0) is 20.4. The monoisotopic (exact) mass is 398 g/mol. The molecular weight excluding hydrogens is 374 g/mol. The van der Waals surface area contributed by atoms with Crippen molar-refractivity contribution in [2.45, 2.75) is 31.6 Å². The molecule has 152 valence electrons. The Hall–Kier alpha value is -2.76. The minimum Gasteiger partial charge on any atom is -0.342 e. The molecule has 2 amide bonds. The van der Waals surface area contributed by atoms with E-state index < -0.39 is 0 Å². The lowest BCUT2D eigenvalue weighted by Gasteiger charge is -2.27. The van der Waals surface area contributed by atoms with Crippen LogP contribution in [0.15, 0.2) is 48.5 Å². The third kappa shape index (κ3) is 4.31. The molecule has 0 N–H and O–H groups in total. The first-order valence-corrected chi connectivity index (χ1v) is 10.1. The lowest BCUT2D eigenvalue weighted by Crippen LogP contribution is -2.39. The van der Waals surface area contributed by atoms with Crippen molar-refractivity contribution in [2.24, 2.45) is 5.92 Å². The Morgan fingerprint density at radius 3 is 2.24 bits per heavy atom. The van der Waals surface area contributed by atoms with Crippen LogP contribution in [0, 0.1) is 17.6 Å². The first-order valence-electron chi connectivity index (χ1n) is 10.1. The van der Waals surface area contributed by atoms with E-state index >= 15 is 0 Å². The Morgan fingerprint density at radius 1 is 0.897 bits per heavy atom. The highest BCUT2D eigenvalue weighted by molar-refractivity contribution is 6.00. The third-order valence-electron chi connectivity index (χ3n) is 5.94. The van der Waals surface area contributed by atoms with E-state index in [1.165, 1.54) is 24.3 Å². The SMILES string of the molecule is O=C([C@@H]1CC(=O)N(c2ccc(F)cc2)C1)N1CCCC[C@@H](c2ccc(F)cc2)C1. The molecule has 2 fully saturated rings. The average Bonchev–Trinajstić information content (AvgIpc) is 2.95. The molecule has 0 aromatic heterocycles.